The summed E-state index contributed by atoms with van der Waals surface area (Å²) in [6.07, 6.45) is 2.93. The number of piperidine rings is 1. The molecule has 1 fully saturated rings. The largest absolute Gasteiger partial charge is 0.508 e. The number of para-hydroxylation sites is 2. The molecule has 0 aromatic heterocycles. The van der Waals surface area contributed by atoms with E-state index in [9.17, 15) is 20.0 Å². The van der Waals surface area contributed by atoms with Crippen molar-refractivity contribution in [3.05, 3.63) is 69.8 Å². The molecule has 1 heterocycles. The third-order valence-electron chi connectivity index (χ3n) is 4.61. The minimum Gasteiger partial charge on any atom is -0.508 e. The third kappa shape index (κ3) is 3.47. The summed E-state index contributed by atoms with van der Waals surface area (Å²) < 4.78 is 0. The number of nitro benzene ring substituents is 1. The number of phenolic OH excluding ortho intramolecular Hbond substituents is 1. The van der Waals surface area contributed by atoms with Crippen LogP contribution in [0.1, 0.15) is 36.3 Å². The number of rotatable bonds is 4. The van der Waals surface area contributed by atoms with Crippen LogP contribution >= 0.6 is 0 Å². The van der Waals surface area contributed by atoms with Gasteiger partial charge in [0.2, 0.25) is 5.91 Å². The topological polar surface area (TPSA) is 83.7 Å². The van der Waals surface area contributed by atoms with Crippen LogP contribution in [0.5, 0.6) is 5.75 Å². The lowest BCUT2D eigenvalue weighted by molar-refractivity contribution is -0.385. The van der Waals surface area contributed by atoms with Gasteiger partial charge in [0.25, 0.3) is 5.69 Å². The molecule has 2 aromatic carbocycles. The Morgan fingerprint density at radius 2 is 1.60 bits per heavy atom. The van der Waals surface area contributed by atoms with Gasteiger partial charge in [0, 0.05) is 30.3 Å². The Hall–Kier alpha value is -2.89. The lowest BCUT2D eigenvalue weighted by Crippen LogP contribution is -2.39. The third-order valence-corrected chi connectivity index (χ3v) is 4.61. The summed E-state index contributed by atoms with van der Waals surface area (Å²) in [4.78, 5) is 25.9. The van der Waals surface area contributed by atoms with E-state index in [4.69, 9.17) is 0 Å². The Morgan fingerprint density at radius 1 is 1.00 bits per heavy atom. The number of hydrogen-bond acceptors (Lipinski definition) is 4. The van der Waals surface area contributed by atoms with Gasteiger partial charge in [-0.1, -0.05) is 36.4 Å². The molecule has 1 saturated heterocycles. The minimum absolute atomic E-state index is 0.0315. The molecule has 0 saturated carbocycles. The number of benzene rings is 2. The van der Waals surface area contributed by atoms with Gasteiger partial charge in [-0.3, -0.25) is 14.9 Å². The Bertz CT molecular complexity index is 784. The molecule has 0 aliphatic carbocycles. The average Bonchev–Trinajstić information content (AvgIpc) is 2.64. The fourth-order valence-electron chi connectivity index (χ4n) is 3.36. The van der Waals surface area contributed by atoms with Crippen molar-refractivity contribution < 1.29 is 14.8 Å². The lowest BCUT2D eigenvalue weighted by atomic mass is 9.87. The van der Waals surface area contributed by atoms with Crippen molar-refractivity contribution in [3.8, 4) is 5.75 Å². The highest BCUT2D eigenvalue weighted by atomic mass is 16.6. The smallest absolute Gasteiger partial charge is 0.273 e. The first-order valence-corrected chi connectivity index (χ1v) is 8.39. The van der Waals surface area contributed by atoms with E-state index in [1.54, 1.807) is 41.3 Å². The second-order valence-corrected chi connectivity index (χ2v) is 6.19. The maximum atomic E-state index is 13.2. The molecule has 3 rings (SSSR count). The van der Waals surface area contributed by atoms with Gasteiger partial charge in [-0.15, -0.1) is 0 Å². The summed E-state index contributed by atoms with van der Waals surface area (Å²) in [5.74, 6) is -1.12. The highest BCUT2D eigenvalue weighted by molar-refractivity contribution is 5.89. The summed E-state index contributed by atoms with van der Waals surface area (Å²) in [5.41, 5.74) is 0.595. The molecule has 1 aliphatic heterocycles. The van der Waals surface area contributed by atoms with Crippen LogP contribution in [-0.2, 0) is 4.79 Å². The number of phenols is 1. The number of carbonyl (C=O) groups excluding carboxylic acids is 1. The van der Waals surface area contributed by atoms with Gasteiger partial charge in [0.05, 0.1) is 10.8 Å². The van der Waals surface area contributed by atoms with Gasteiger partial charge in [-0.2, -0.15) is 0 Å². The minimum atomic E-state index is -0.888. The van der Waals surface area contributed by atoms with Crippen molar-refractivity contribution in [1.29, 1.82) is 0 Å². The standard InChI is InChI=1S/C19H20N2O4/c22-17-11-5-3-9-15(17)18(19(23)20-12-6-1-7-13-20)14-8-2-4-10-16(14)21(24)25/h2-5,8-11,18,22H,1,6-7,12-13H2. The van der Waals surface area contributed by atoms with E-state index in [0.29, 0.717) is 24.2 Å². The molecular weight excluding hydrogens is 320 g/mol. The Kier molecular flexibility index (Phi) is 4.97. The van der Waals surface area contributed by atoms with Crippen molar-refractivity contribution in [2.75, 3.05) is 13.1 Å². The first-order valence-electron chi connectivity index (χ1n) is 8.39. The fourth-order valence-corrected chi connectivity index (χ4v) is 3.36. The molecule has 0 bridgehead atoms. The molecule has 1 atom stereocenters. The zero-order valence-electron chi connectivity index (χ0n) is 13.8. The lowest BCUT2D eigenvalue weighted by Gasteiger charge is -2.31. The number of amides is 1. The molecule has 1 amide bonds. The van der Waals surface area contributed by atoms with Crippen LogP contribution in [0.4, 0.5) is 5.69 Å². The summed E-state index contributed by atoms with van der Waals surface area (Å²) >= 11 is 0. The van der Waals surface area contributed by atoms with Crippen molar-refractivity contribution >= 4 is 11.6 Å². The number of likely N-dealkylation sites (tertiary alicyclic amines) is 1. The molecule has 0 radical (unpaired) electrons. The predicted octanol–water partition coefficient (Wildman–Crippen LogP) is 3.44. The molecule has 0 spiro atoms. The van der Waals surface area contributed by atoms with Crippen LogP contribution in [0.2, 0.25) is 0 Å². The van der Waals surface area contributed by atoms with Crippen LogP contribution in [0, 0.1) is 10.1 Å². The van der Waals surface area contributed by atoms with E-state index in [2.05, 4.69) is 0 Å². The maximum Gasteiger partial charge on any atom is 0.273 e. The van der Waals surface area contributed by atoms with Gasteiger partial charge in [-0.05, 0) is 25.3 Å². The first-order chi connectivity index (χ1) is 12.1. The molecule has 25 heavy (non-hydrogen) atoms. The van der Waals surface area contributed by atoms with Gasteiger partial charge >= 0.3 is 0 Å². The van der Waals surface area contributed by atoms with Gasteiger partial charge in [0.15, 0.2) is 0 Å². The number of carbonyl (C=O) groups is 1. The molecule has 1 unspecified atom stereocenters. The molecule has 6 heteroatoms. The van der Waals surface area contributed by atoms with Crippen molar-refractivity contribution in [2.24, 2.45) is 0 Å². The van der Waals surface area contributed by atoms with Gasteiger partial charge in [-0.25, -0.2) is 0 Å². The van der Waals surface area contributed by atoms with Crippen LogP contribution in [0.3, 0.4) is 0 Å². The predicted molar refractivity (Wildman–Crippen MR) is 93.5 cm³/mol. The fraction of sp³-hybridized carbons (Fsp3) is 0.316. The average molecular weight is 340 g/mol. The first kappa shape index (κ1) is 17.0. The van der Waals surface area contributed by atoms with E-state index in [1.807, 2.05) is 0 Å². The van der Waals surface area contributed by atoms with E-state index in [1.165, 1.54) is 12.1 Å². The zero-order valence-corrected chi connectivity index (χ0v) is 13.8. The van der Waals surface area contributed by atoms with Crippen LogP contribution < -0.4 is 0 Å². The second-order valence-electron chi connectivity index (χ2n) is 6.19. The molecule has 1 aliphatic rings. The van der Waals surface area contributed by atoms with E-state index < -0.39 is 10.8 Å². The van der Waals surface area contributed by atoms with Crippen LogP contribution in [0.25, 0.3) is 0 Å². The van der Waals surface area contributed by atoms with Crippen molar-refractivity contribution in [3.63, 3.8) is 0 Å². The highest BCUT2D eigenvalue weighted by Crippen LogP contribution is 2.37. The maximum absolute atomic E-state index is 13.2. The van der Waals surface area contributed by atoms with Crippen molar-refractivity contribution in [2.45, 2.75) is 25.2 Å². The molecule has 130 valence electrons. The molecule has 6 nitrogen and oxygen atoms in total. The Balaban J connectivity index is 2.11. The highest BCUT2D eigenvalue weighted by Gasteiger charge is 2.34. The van der Waals surface area contributed by atoms with Gasteiger partial charge in [0.1, 0.15) is 5.75 Å². The molecular formula is C19H20N2O4. The number of aromatic hydroxyl groups is 1. The number of hydrogen-bond donors (Lipinski definition) is 1. The monoisotopic (exact) mass is 340 g/mol. The zero-order chi connectivity index (χ0) is 17.8. The van der Waals surface area contributed by atoms with Crippen molar-refractivity contribution in [1.82, 2.24) is 4.90 Å². The Morgan fingerprint density at radius 3 is 2.24 bits per heavy atom. The molecule has 2 aromatic rings. The van der Waals surface area contributed by atoms with Crippen LogP contribution in [-0.4, -0.2) is 33.9 Å². The van der Waals surface area contributed by atoms with Gasteiger partial charge < -0.3 is 10.0 Å². The number of nitro groups is 1. The SMILES string of the molecule is O=C(C(c1ccccc1O)c1ccccc1[N+](=O)[O-])N1CCCCC1. The normalized spacial score (nSPS) is 15.6. The quantitative estimate of drug-likeness (QED) is 0.682. The van der Waals surface area contributed by atoms with E-state index >= 15 is 0 Å². The summed E-state index contributed by atoms with van der Waals surface area (Å²) in [6.45, 7) is 1.28. The number of nitrogens with zero attached hydrogens (tertiary/aromatic N) is 2. The summed E-state index contributed by atoms with van der Waals surface area (Å²) in [5, 5.41) is 21.7. The van der Waals surface area contributed by atoms with Crippen LogP contribution in [0.15, 0.2) is 48.5 Å². The summed E-state index contributed by atoms with van der Waals surface area (Å²) in [7, 11) is 0. The van der Waals surface area contributed by atoms with E-state index in [0.717, 1.165) is 19.3 Å². The Labute approximate surface area is 145 Å². The molecule has 1 N–H and O–H groups in total. The second kappa shape index (κ2) is 7.34. The summed E-state index contributed by atoms with van der Waals surface area (Å²) in [6, 6.07) is 12.8. The van der Waals surface area contributed by atoms with E-state index in [-0.39, 0.29) is 17.3 Å².